The third-order valence-corrected chi connectivity index (χ3v) is 7.59. The largest absolute Gasteiger partial charge is 0.537 e. The highest BCUT2D eigenvalue weighted by Gasteiger charge is 2.45. The van der Waals surface area contributed by atoms with Gasteiger partial charge in [-0.15, -0.1) is 0 Å². The average Bonchev–Trinajstić information content (AvgIpc) is 3.03. The zero-order valence-electron chi connectivity index (χ0n) is 14.9. The summed E-state index contributed by atoms with van der Waals surface area (Å²) in [5.41, 5.74) is 1.04. The second kappa shape index (κ2) is 7.54. The van der Waals surface area contributed by atoms with Gasteiger partial charge in [-0.2, -0.15) is 0 Å². The maximum atomic E-state index is 6.20. The molecule has 1 aromatic carbocycles. The van der Waals surface area contributed by atoms with E-state index in [0.29, 0.717) is 26.4 Å². The Hall–Kier alpha value is -0.923. The van der Waals surface area contributed by atoms with E-state index < -0.39 is 14.6 Å². The van der Waals surface area contributed by atoms with Gasteiger partial charge in [0.05, 0.1) is 6.61 Å². The van der Waals surface area contributed by atoms with Crippen molar-refractivity contribution < 1.29 is 22.8 Å². The Balaban J connectivity index is 1.89. The lowest BCUT2D eigenvalue weighted by Crippen LogP contribution is -2.57. The average molecular weight is 353 g/mol. The molecule has 1 aliphatic carbocycles. The van der Waals surface area contributed by atoms with Crippen molar-refractivity contribution in [2.75, 3.05) is 19.8 Å². The quantitative estimate of drug-likeness (QED) is 0.706. The van der Waals surface area contributed by atoms with E-state index in [2.05, 4.69) is 6.07 Å². The molecule has 0 N–H and O–H groups in total. The molecular formula is C18H28O5Si. The molecule has 3 rings (SSSR count). The van der Waals surface area contributed by atoms with Gasteiger partial charge >= 0.3 is 8.80 Å². The molecule has 0 unspecified atom stereocenters. The summed E-state index contributed by atoms with van der Waals surface area (Å²) in [6, 6.07) is 6.12. The van der Waals surface area contributed by atoms with E-state index in [0.717, 1.165) is 29.3 Å². The van der Waals surface area contributed by atoms with E-state index >= 15 is 0 Å². The second-order valence-electron chi connectivity index (χ2n) is 6.19. The third-order valence-electron chi connectivity index (χ3n) is 4.57. The summed E-state index contributed by atoms with van der Waals surface area (Å²) in [6.45, 7) is 8.13. The maximum Gasteiger partial charge on any atom is 0.537 e. The van der Waals surface area contributed by atoms with Crippen LogP contribution >= 0.6 is 0 Å². The Morgan fingerprint density at radius 1 is 1.00 bits per heavy atom. The molecule has 1 spiro atoms. The number of hydrogen-bond acceptors (Lipinski definition) is 5. The summed E-state index contributed by atoms with van der Waals surface area (Å²) in [6.07, 6.45) is 4.29. The molecule has 0 aromatic heterocycles. The molecule has 1 saturated carbocycles. The van der Waals surface area contributed by atoms with Crippen molar-refractivity contribution in [3.63, 3.8) is 0 Å². The van der Waals surface area contributed by atoms with Gasteiger partial charge in [-0.25, -0.2) is 0 Å². The Bertz CT molecular complexity index is 539. The lowest BCUT2D eigenvalue weighted by atomic mass is 10.1. The molecule has 0 radical (unpaired) electrons. The van der Waals surface area contributed by atoms with Gasteiger partial charge in [-0.1, -0.05) is 6.07 Å². The van der Waals surface area contributed by atoms with Crippen LogP contribution in [0.2, 0.25) is 0 Å². The summed E-state index contributed by atoms with van der Waals surface area (Å²) >= 11 is 0. The first-order valence-electron chi connectivity index (χ1n) is 9.05. The fraction of sp³-hybridized carbons (Fsp3) is 0.667. The first-order valence-corrected chi connectivity index (χ1v) is 10.8. The van der Waals surface area contributed by atoms with Crippen molar-refractivity contribution in [3.05, 3.63) is 23.8 Å². The molecule has 0 bridgehead atoms. The van der Waals surface area contributed by atoms with Gasteiger partial charge in [0.25, 0.3) is 0 Å². The van der Waals surface area contributed by atoms with E-state index in [4.69, 9.17) is 22.8 Å². The molecular weight excluding hydrogens is 324 g/mol. The summed E-state index contributed by atoms with van der Waals surface area (Å²) in [7, 11) is -2.88. The molecule has 0 saturated heterocycles. The fourth-order valence-electron chi connectivity index (χ4n) is 3.53. The van der Waals surface area contributed by atoms with Crippen molar-refractivity contribution in [1.29, 1.82) is 0 Å². The molecule has 5 nitrogen and oxygen atoms in total. The number of benzene rings is 1. The number of ether oxygens (including phenoxy) is 2. The highest BCUT2D eigenvalue weighted by atomic mass is 28.4. The molecule has 0 amide bonds. The second-order valence-corrected chi connectivity index (χ2v) is 8.74. The van der Waals surface area contributed by atoms with E-state index in [1.807, 2.05) is 32.9 Å². The predicted molar refractivity (Wildman–Crippen MR) is 93.3 cm³/mol. The Kier molecular flexibility index (Phi) is 5.62. The molecule has 1 heterocycles. The normalized spacial score (nSPS) is 19.3. The van der Waals surface area contributed by atoms with Crippen LogP contribution in [-0.4, -0.2) is 34.4 Å². The molecule has 134 valence electrons. The lowest BCUT2D eigenvalue weighted by molar-refractivity contribution is -0.200. The van der Waals surface area contributed by atoms with Crippen LogP contribution in [0, 0.1) is 0 Å². The van der Waals surface area contributed by atoms with Gasteiger partial charge in [0.1, 0.15) is 5.75 Å². The van der Waals surface area contributed by atoms with E-state index in [1.165, 1.54) is 12.8 Å². The molecule has 1 aromatic rings. The van der Waals surface area contributed by atoms with Crippen molar-refractivity contribution in [2.24, 2.45) is 0 Å². The van der Waals surface area contributed by atoms with Gasteiger partial charge in [-0.3, -0.25) is 0 Å². The topological polar surface area (TPSA) is 46.2 Å². The van der Waals surface area contributed by atoms with Gasteiger partial charge in [0.2, 0.25) is 5.79 Å². The van der Waals surface area contributed by atoms with Crippen LogP contribution in [0.5, 0.6) is 5.75 Å². The number of rotatable bonds is 7. The molecule has 2 aliphatic rings. The molecule has 1 aliphatic heterocycles. The van der Waals surface area contributed by atoms with Crippen molar-refractivity contribution in [2.45, 2.75) is 58.8 Å². The molecule has 1 fully saturated rings. The summed E-state index contributed by atoms with van der Waals surface area (Å²) < 4.78 is 30.3. The van der Waals surface area contributed by atoms with E-state index in [9.17, 15) is 0 Å². The predicted octanol–water partition coefficient (Wildman–Crippen LogP) is 3.12. The van der Waals surface area contributed by atoms with Gasteiger partial charge < -0.3 is 22.8 Å². The minimum absolute atomic E-state index is 0.400. The van der Waals surface area contributed by atoms with Gasteiger partial charge in [0.15, 0.2) is 0 Å². The first kappa shape index (κ1) is 17.9. The van der Waals surface area contributed by atoms with Crippen LogP contribution in [0.25, 0.3) is 0 Å². The fourth-order valence-corrected chi connectivity index (χ4v) is 6.06. The number of hydrogen-bond donors (Lipinski definition) is 0. The van der Waals surface area contributed by atoms with Crippen LogP contribution in [0.3, 0.4) is 0 Å². The highest BCUT2D eigenvalue weighted by molar-refractivity contribution is 6.75. The van der Waals surface area contributed by atoms with E-state index in [1.54, 1.807) is 0 Å². The van der Waals surface area contributed by atoms with Crippen molar-refractivity contribution in [1.82, 2.24) is 0 Å². The Labute approximate surface area is 145 Å². The highest BCUT2D eigenvalue weighted by Crippen LogP contribution is 2.41. The Morgan fingerprint density at radius 2 is 1.62 bits per heavy atom. The van der Waals surface area contributed by atoms with Crippen LogP contribution in [0.1, 0.15) is 52.0 Å². The smallest absolute Gasteiger partial charge is 0.462 e. The van der Waals surface area contributed by atoms with E-state index in [-0.39, 0.29) is 0 Å². The summed E-state index contributed by atoms with van der Waals surface area (Å²) in [4.78, 5) is 0. The zero-order chi connectivity index (χ0) is 17.0. The number of fused-ring (bicyclic) bond motifs is 1. The van der Waals surface area contributed by atoms with Crippen LogP contribution in [-0.2, 0) is 24.6 Å². The monoisotopic (exact) mass is 352 g/mol. The first-order chi connectivity index (χ1) is 11.7. The Morgan fingerprint density at radius 3 is 2.21 bits per heavy atom. The van der Waals surface area contributed by atoms with Gasteiger partial charge in [0, 0.05) is 43.4 Å². The zero-order valence-corrected chi connectivity index (χ0v) is 15.9. The minimum atomic E-state index is -2.88. The standard InChI is InChI=1S/C18H28O5Si/c1-4-20-24(21-5-2,22-6-3)16-9-10-17-15(13-16)14-19-18(23-17)11-7-8-12-18/h9-10,13H,4-8,11-12,14H2,1-3H3. The summed E-state index contributed by atoms with van der Waals surface area (Å²) in [5, 5.41) is 0.973. The molecule has 24 heavy (non-hydrogen) atoms. The molecule has 0 atom stereocenters. The van der Waals surface area contributed by atoms with Crippen LogP contribution in [0.15, 0.2) is 18.2 Å². The van der Waals surface area contributed by atoms with Crippen LogP contribution in [0.4, 0.5) is 0 Å². The molecule has 6 heteroatoms. The minimum Gasteiger partial charge on any atom is -0.462 e. The van der Waals surface area contributed by atoms with Crippen LogP contribution < -0.4 is 9.92 Å². The van der Waals surface area contributed by atoms with Crippen molar-refractivity contribution >= 4 is 14.0 Å². The third kappa shape index (κ3) is 3.39. The lowest BCUT2D eigenvalue weighted by Gasteiger charge is -2.36. The SMILES string of the molecule is CCO[Si](OCC)(OCC)c1ccc2c(c1)COC1(CCCC1)O2. The maximum absolute atomic E-state index is 6.20. The summed E-state index contributed by atoms with van der Waals surface area (Å²) in [5.74, 6) is 0.516. The van der Waals surface area contributed by atoms with Crippen molar-refractivity contribution in [3.8, 4) is 5.75 Å². The van der Waals surface area contributed by atoms with Gasteiger partial charge in [-0.05, 0) is 45.7 Å².